The quantitative estimate of drug-likeness (QED) is 0.740. The maximum absolute atomic E-state index is 13.2. The van der Waals surface area contributed by atoms with Crippen molar-refractivity contribution in [2.24, 2.45) is 0 Å². The maximum Gasteiger partial charge on any atom is 0.315 e. The van der Waals surface area contributed by atoms with Gasteiger partial charge in [0, 0.05) is 23.8 Å². The first-order chi connectivity index (χ1) is 11.7. The molecule has 2 amide bonds. The summed E-state index contributed by atoms with van der Waals surface area (Å²) in [6.45, 7) is 0.389. The maximum atomic E-state index is 13.2. The summed E-state index contributed by atoms with van der Waals surface area (Å²) in [5.41, 5.74) is 1.75. The molecule has 0 saturated carbocycles. The van der Waals surface area contributed by atoms with Gasteiger partial charge in [0.2, 0.25) is 0 Å². The van der Waals surface area contributed by atoms with Gasteiger partial charge in [0.25, 0.3) is 0 Å². The van der Waals surface area contributed by atoms with Gasteiger partial charge in [-0.15, -0.1) is 11.3 Å². The molecule has 3 aromatic rings. The zero-order chi connectivity index (χ0) is 16.8. The van der Waals surface area contributed by atoms with E-state index in [1.807, 2.05) is 29.6 Å². The molecule has 0 aliphatic heterocycles. The Bertz CT molecular complexity index is 776. The van der Waals surface area contributed by atoms with E-state index in [0.29, 0.717) is 6.54 Å². The molecule has 2 heterocycles. The Hall–Kier alpha value is -2.73. The Labute approximate surface area is 143 Å². The molecule has 2 N–H and O–H groups in total. The molecule has 1 aromatic carbocycles. The first kappa shape index (κ1) is 16.1. The average molecular weight is 341 g/mol. The fourth-order valence-electron chi connectivity index (χ4n) is 2.30. The van der Waals surface area contributed by atoms with Crippen LogP contribution >= 0.6 is 11.3 Å². The minimum Gasteiger partial charge on any atom is -0.334 e. The lowest BCUT2D eigenvalue weighted by atomic mass is 10.1. The minimum absolute atomic E-state index is 0.290. The highest BCUT2D eigenvalue weighted by Gasteiger charge is 2.17. The van der Waals surface area contributed by atoms with Crippen molar-refractivity contribution in [3.05, 3.63) is 88.1 Å². The molecular weight excluding hydrogens is 325 g/mol. The van der Waals surface area contributed by atoms with Crippen molar-refractivity contribution in [1.82, 2.24) is 15.6 Å². The Morgan fingerprint density at radius 3 is 2.67 bits per heavy atom. The van der Waals surface area contributed by atoms with Crippen LogP contribution in [0.5, 0.6) is 0 Å². The fourth-order valence-corrected chi connectivity index (χ4v) is 3.10. The molecule has 24 heavy (non-hydrogen) atoms. The van der Waals surface area contributed by atoms with Gasteiger partial charge in [-0.25, -0.2) is 9.18 Å². The van der Waals surface area contributed by atoms with E-state index in [4.69, 9.17) is 0 Å². The molecule has 6 heteroatoms. The molecule has 3 rings (SSSR count). The summed E-state index contributed by atoms with van der Waals surface area (Å²) in [6.07, 6.45) is 3.39. The number of rotatable bonds is 5. The van der Waals surface area contributed by atoms with Gasteiger partial charge >= 0.3 is 6.03 Å². The number of aromatic nitrogens is 1. The van der Waals surface area contributed by atoms with Crippen molar-refractivity contribution in [2.75, 3.05) is 0 Å². The standard InChI is InChI=1S/C18H16FN3OS/c19-15-7-5-14(6-8-15)17(16-4-2-10-24-16)22-18(23)21-12-13-3-1-9-20-11-13/h1-11,17H,12H2,(H2,21,22,23). The van der Waals surface area contributed by atoms with Gasteiger partial charge in [-0.05, 0) is 40.8 Å². The van der Waals surface area contributed by atoms with E-state index in [-0.39, 0.29) is 17.9 Å². The number of hydrogen-bond donors (Lipinski definition) is 2. The van der Waals surface area contributed by atoms with E-state index in [1.165, 1.54) is 12.1 Å². The highest BCUT2D eigenvalue weighted by molar-refractivity contribution is 7.10. The summed E-state index contributed by atoms with van der Waals surface area (Å²) in [5, 5.41) is 7.70. The number of halogens is 1. The van der Waals surface area contributed by atoms with Gasteiger partial charge in [-0.3, -0.25) is 4.98 Å². The molecule has 0 bridgehead atoms. The van der Waals surface area contributed by atoms with Crippen molar-refractivity contribution >= 4 is 17.4 Å². The van der Waals surface area contributed by atoms with E-state index >= 15 is 0 Å². The molecule has 1 atom stereocenters. The monoisotopic (exact) mass is 341 g/mol. The van der Waals surface area contributed by atoms with Crippen LogP contribution in [0, 0.1) is 5.82 Å². The van der Waals surface area contributed by atoms with E-state index in [9.17, 15) is 9.18 Å². The molecule has 1 unspecified atom stereocenters. The topological polar surface area (TPSA) is 54.0 Å². The van der Waals surface area contributed by atoms with Crippen molar-refractivity contribution < 1.29 is 9.18 Å². The molecule has 0 aliphatic rings. The molecule has 0 spiro atoms. The predicted molar refractivity (Wildman–Crippen MR) is 92.2 cm³/mol. The Morgan fingerprint density at radius 2 is 2.00 bits per heavy atom. The fraction of sp³-hybridized carbons (Fsp3) is 0.111. The van der Waals surface area contributed by atoms with Crippen LogP contribution in [0.2, 0.25) is 0 Å². The van der Waals surface area contributed by atoms with Crippen LogP contribution in [0.1, 0.15) is 22.0 Å². The Balaban J connectivity index is 1.70. The van der Waals surface area contributed by atoms with Crippen molar-refractivity contribution in [1.29, 1.82) is 0 Å². The van der Waals surface area contributed by atoms with Crippen LogP contribution in [0.25, 0.3) is 0 Å². The third kappa shape index (κ3) is 4.17. The third-order valence-corrected chi connectivity index (χ3v) is 4.42. The van der Waals surface area contributed by atoms with Crippen LogP contribution in [-0.2, 0) is 6.54 Å². The van der Waals surface area contributed by atoms with Gasteiger partial charge in [0.15, 0.2) is 0 Å². The zero-order valence-corrected chi connectivity index (χ0v) is 13.6. The van der Waals surface area contributed by atoms with Gasteiger partial charge in [-0.1, -0.05) is 24.3 Å². The van der Waals surface area contributed by atoms with Gasteiger partial charge in [-0.2, -0.15) is 0 Å². The SMILES string of the molecule is O=C(NCc1cccnc1)NC(c1ccc(F)cc1)c1cccs1. The van der Waals surface area contributed by atoms with Crippen molar-refractivity contribution in [3.8, 4) is 0 Å². The van der Waals surface area contributed by atoms with Crippen LogP contribution in [0.15, 0.2) is 66.3 Å². The number of nitrogens with one attached hydrogen (secondary N) is 2. The first-order valence-electron chi connectivity index (χ1n) is 7.44. The van der Waals surface area contributed by atoms with Gasteiger partial charge in [0.1, 0.15) is 5.82 Å². The Kier molecular flexibility index (Phi) is 5.18. The lowest BCUT2D eigenvalue weighted by Gasteiger charge is -2.18. The summed E-state index contributed by atoms with van der Waals surface area (Å²) in [6, 6.07) is 13.1. The summed E-state index contributed by atoms with van der Waals surface area (Å²) < 4.78 is 13.2. The normalized spacial score (nSPS) is 11.7. The van der Waals surface area contributed by atoms with Gasteiger partial charge in [0.05, 0.1) is 6.04 Å². The van der Waals surface area contributed by atoms with Crippen LogP contribution in [0.3, 0.4) is 0 Å². The van der Waals surface area contributed by atoms with E-state index in [1.54, 1.807) is 35.9 Å². The van der Waals surface area contributed by atoms with Crippen LogP contribution < -0.4 is 10.6 Å². The number of urea groups is 1. The highest BCUT2D eigenvalue weighted by Crippen LogP contribution is 2.26. The second-order valence-corrected chi connectivity index (χ2v) is 6.17. The molecule has 2 aromatic heterocycles. The zero-order valence-electron chi connectivity index (χ0n) is 12.8. The number of thiophene rings is 1. The third-order valence-electron chi connectivity index (χ3n) is 3.48. The molecule has 0 fully saturated rings. The number of pyridine rings is 1. The van der Waals surface area contributed by atoms with E-state index in [0.717, 1.165) is 16.0 Å². The largest absolute Gasteiger partial charge is 0.334 e. The first-order valence-corrected chi connectivity index (χ1v) is 8.32. The highest BCUT2D eigenvalue weighted by atomic mass is 32.1. The minimum atomic E-state index is -0.320. The van der Waals surface area contributed by atoms with Crippen molar-refractivity contribution in [3.63, 3.8) is 0 Å². The summed E-state index contributed by atoms with van der Waals surface area (Å²) in [4.78, 5) is 17.2. The lowest BCUT2D eigenvalue weighted by molar-refractivity contribution is 0.238. The smallest absolute Gasteiger partial charge is 0.315 e. The van der Waals surface area contributed by atoms with Crippen molar-refractivity contribution in [2.45, 2.75) is 12.6 Å². The summed E-state index contributed by atoms with van der Waals surface area (Å²) >= 11 is 1.54. The van der Waals surface area contributed by atoms with E-state index in [2.05, 4.69) is 15.6 Å². The molecular formula is C18H16FN3OS. The molecule has 0 radical (unpaired) electrons. The van der Waals surface area contributed by atoms with Crippen LogP contribution in [0.4, 0.5) is 9.18 Å². The molecule has 0 aliphatic carbocycles. The lowest BCUT2D eigenvalue weighted by Crippen LogP contribution is -2.37. The molecule has 122 valence electrons. The molecule has 4 nitrogen and oxygen atoms in total. The number of benzene rings is 1. The predicted octanol–water partition coefficient (Wildman–Crippen LogP) is 3.87. The number of carbonyl (C=O) groups excluding carboxylic acids is 1. The van der Waals surface area contributed by atoms with Gasteiger partial charge < -0.3 is 10.6 Å². The number of nitrogens with zero attached hydrogens (tertiary/aromatic N) is 1. The average Bonchev–Trinajstić information content (AvgIpc) is 3.14. The number of carbonyl (C=O) groups is 1. The molecule has 0 saturated heterocycles. The second kappa shape index (κ2) is 7.70. The Morgan fingerprint density at radius 1 is 1.17 bits per heavy atom. The second-order valence-electron chi connectivity index (χ2n) is 5.19. The summed E-state index contributed by atoms with van der Waals surface area (Å²) in [7, 11) is 0. The number of hydrogen-bond acceptors (Lipinski definition) is 3. The number of amides is 2. The van der Waals surface area contributed by atoms with Crippen LogP contribution in [-0.4, -0.2) is 11.0 Å². The van der Waals surface area contributed by atoms with E-state index < -0.39 is 0 Å². The summed E-state index contributed by atoms with van der Waals surface area (Å²) in [5.74, 6) is -0.301.